The molecule has 1 N–H and O–H groups in total. The highest BCUT2D eigenvalue weighted by Crippen LogP contribution is 2.20. The average Bonchev–Trinajstić information content (AvgIpc) is 2.96. The quantitative estimate of drug-likeness (QED) is 0.549. The number of methoxy groups -OCH3 is 1. The molecule has 0 saturated carbocycles. The van der Waals surface area contributed by atoms with Crippen molar-refractivity contribution in [2.75, 3.05) is 7.11 Å². The largest absolute Gasteiger partial charge is 0.496 e. The number of amides is 1. The number of halogens is 1. The second-order valence-corrected chi connectivity index (χ2v) is 6.04. The van der Waals surface area contributed by atoms with Gasteiger partial charge in [0.1, 0.15) is 11.6 Å². The second-order valence-electron chi connectivity index (χ2n) is 6.04. The van der Waals surface area contributed by atoms with Crippen LogP contribution in [0.1, 0.15) is 27.3 Å². The Hall–Kier alpha value is -3.41. The zero-order chi connectivity index (χ0) is 19.4. The summed E-state index contributed by atoms with van der Waals surface area (Å²) in [7, 11) is 1.51. The van der Waals surface area contributed by atoms with Gasteiger partial charge in [0, 0.05) is 22.6 Å². The molecule has 0 saturated heterocycles. The Morgan fingerprint density at radius 3 is 2.56 bits per heavy atom. The summed E-state index contributed by atoms with van der Waals surface area (Å²) in [5, 5.41) is 4.06. The van der Waals surface area contributed by atoms with Crippen molar-refractivity contribution in [1.29, 1.82) is 0 Å². The van der Waals surface area contributed by atoms with Crippen LogP contribution in [0.5, 0.6) is 5.75 Å². The fourth-order valence-corrected chi connectivity index (χ4v) is 2.96. The number of nitrogens with one attached hydrogen (secondary N) is 1. The van der Waals surface area contributed by atoms with Gasteiger partial charge in [0.05, 0.1) is 18.9 Å². The Kier molecular flexibility index (Phi) is 5.35. The first kappa shape index (κ1) is 18.4. The summed E-state index contributed by atoms with van der Waals surface area (Å²) in [6.45, 7) is 3.90. The topological polar surface area (TPSA) is 55.6 Å². The van der Waals surface area contributed by atoms with Crippen LogP contribution in [-0.4, -0.2) is 23.8 Å². The van der Waals surface area contributed by atoms with Gasteiger partial charge in [-0.15, -0.1) is 0 Å². The Bertz CT molecular complexity index is 991. The molecule has 0 fully saturated rings. The minimum atomic E-state index is -0.351. The van der Waals surface area contributed by atoms with E-state index < -0.39 is 0 Å². The molecule has 138 valence electrons. The van der Waals surface area contributed by atoms with Crippen molar-refractivity contribution in [1.82, 2.24) is 9.99 Å². The molecule has 1 aromatic heterocycles. The molecule has 0 aliphatic rings. The van der Waals surface area contributed by atoms with E-state index in [9.17, 15) is 9.18 Å². The van der Waals surface area contributed by atoms with E-state index in [2.05, 4.69) is 10.5 Å². The van der Waals surface area contributed by atoms with Crippen molar-refractivity contribution in [2.45, 2.75) is 13.8 Å². The number of carbonyl (C=O) groups excluding carboxylic acids is 1. The standard InChI is InChI=1S/C21H20FN3O2/c1-14-12-16(15(2)25(14)18-10-8-17(22)9-11-18)13-23-24-21(26)19-6-4-5-7-20(19)27-3/h4-13H,1-3H3,(H,24,26)/b23-13-. The smallest absolute Gasteiger partial charge is 0.275 e. The van der Waals surface area contributed by atoms with Crippen molar-refractivity contribution in [3.05, 3.63) is 82.9 Å². The molecule has 6 heteroatoms. The Morgan fingerprint density at radius 1 is 1.15 bits per heavy atom. The summed E-state index contributed by atoms with van der Waals surface area (Å²) in [6, 6.07) is 15.2. The zero-order valence-electron chi connectivity index (χ0n) is 15.4. The van der Waals surface area contributed by atoms with Crippen LogP contribution < -0.4 is 10.2 Å². The van der Waals surface area contributed by atoms with E-state index >= 15 is 0 Å². The Morgan fingerprint density at radius 2 is 1.85 bits per heavy atom. The molecule has 0 spiro atoms. The summed E-state index contributed by atoms with van der Waals surface area (Å²) < 4.78 is 20.4. The van der Waals surface area contributed by atoms with Crippen molar-refractivity contribution < 1.29 is 13.9 Å². The Balaban J connectivity index is 1.79. The SMILES string of the molecule is COc1ccccc1C(=O)N/N=C\c1cc(C)n(-c2ccc(F)cc2)c1C. The third-order valence-electron chi connectivity index (χ3n) is 4.28. The van der Waals surface area contributed by atoms with Crippen molar-refractivity contribution in [3.8, 4) is 11.4 Å². The van der Waals surface area contributed by atoms with Crippen LogP contribution in [-0.2, 0) is 0 Å². The molecule has 0 bridgehead atoms. The summed E-state index contributed by atoms with van der Waals surface area (Å²) >= 11 is 0. The van der Waals surface area contributed by atoms with Crippen molar-refractivity contribution >= 4 is 12.1 Å². The summed E-state index contributed by atoms with van der Waals surface area (Å²) in [5.41, 5.74) is 6.57. The molecule has 3 aromatic rings. The normalized spacial score (nSPS) is 11.0. The van der Waals surface area contributed by atoms with E-state index in [1.165, 1.54) is 19.2 Å². The van der Waals surface area contributed by atoms with Crippen LogP contribution in [0.2, 0.25) is 0 Å². The average molecular weight is 365 g/mol. The lowest BCUT2D eigenvalue weighted by Crippen LogP contribution is -2.18. The molecule has 2 aromatic carbocycles. The molecule has 1 heterocycles. The number of benzene rings is 2. The van der Waals surface area contributed by atoms with Crippen molar-refractivity contribution in [2.24, 2.45) is 5.10 Å². The zero-order valence-corrected chi connectivity index (χ0v) is 15.4. The predicted octanol–water partition coefficient (Wildman–Crippen LogP) is 4.01. The van der Waals surface area contributed by atoms with E-state index in [0.29, 0.717) is 11.3 Å². The first-order valence-corrected chi connectivity index (χ1v) is 8.42. The third kappa shape index (κ3) is 3.89. The predicted molar refractivity (Wildman–Crippen MR) is 103 cm³/mol. The number of hydrogen-bond acceptors (Lipinski definition) is 3. The second kappa shape index (κ2) is 7.86. The third-order valence-corrected chi connectivity index (χ3v) is 4.28. The lowest BCUT2D eigenvalue weighted by atomic mass is 10.2. The van der Waals surface area contributed by atoms with E-state index in [0.717, 1.165) is 22.6 Å². The highest BCUT2D eigenvalue weighted by molar-refractivity contribution is 5.97. The first-order chi connectivity index (χ1) is 13.0. The highest BCUT2D eigenvalue weighted by Gasteiger charge is 2.12. The number of rotatable bonds is 5. The molecule has 0 atom stereocenters. The van der Waals surface area contributed by atoms with E-state index in [1.54, 1.807) is 42.6 Å². The number of hydrogen-bond donors (Lipinski definition) is 1. The molecule has 3 rings (SSSR count). The van der Waals surface area contributed by atoms with E-state index in [4.69, 9.17) is 4.74 Å². The van der Waals surface area contributed by atoms with Gasteiger partial charge in [-0.05, 0) is 56.3 Å². The van der Waals surface area contributed by atoms with Crippen LogP contribution in [0.4, 0.5) is 4.39 Å². The van der Waals surface area contributed by atoms with Crippen LogP contribution in [0.25, 0.3) is 5.69 Å². The van der Waals surface area contributed by atoms with Gasteiger partial charge >= 0.3 is 0 Å². The maximum atomic E-state index is 13.2. The van der Waals surface area contributed by atoms with Gasteiger partial charge in [-0.3, -0.25) is 4.79 Å². The van der Waals surface area contributed by atoms with Gasteiger partial charge < -0.3 is 9.30 Å². The van der Waals surface area contributed by atoms with E-state index in [-0.39, 0.29) is 11.7 Å². The molecular weight excluding hydrogens is 345 g/mol. The summed E-state index contributed by atoms with van der Waals surface area (Å²) in [5.74, 6) is -0.141. The highest BCUT2D eigenvalue weighted by atomic mass is 19.1. The van der Waals surface area contributed by atoms with Crippen LogP contribution in [0, 0.1) is 19.7 Å². The molecular formula is C21H20FN3O2. The molecule has 27 heavy (non-hydrogen) atoms. The number of nitrogens with zero attached hydrogens (tertiary/aromatic N) is 2. The van der Waals surface area contributed by atoms with Gasteiger partial charge in [0.15, 0.2) is 0 Å². The summed E-state index contributed by atoms with van der Waals surface area (Å²) in [6.07, 6.45) is 1.59. The fraction of sp³-hybridized carbons (Fsp3) is 0.143. The lowest BCUT2D eigenvalue weighted by Gasteiger charge is -2.09. The molecule has 5 nitrogen and oxygen atoms in total. The lowest BCUT2D eigenvalue weighted by molar-refractivity contribution is 0.0952. The molecule has 0 aliphatic carbocycles. The maximum Gasteiger partial charge on any atom is 0.275 e. The minimum absolute atomic E-state index is 0.276. The van der Waals surface area contributed by atoms with Gasteiger partial charge in [0.25, 0.3) is 5.91 Å². The molecule has 0 radical (unpaired) electrons. The van der Waals surface area contributed by atoms with Gasteiger partial charge in [-0.1, -0.05) is 12.1 Å². The summed E-state index contributed by atoms with van der Waals surface area (Å²) in [4.78, 5) is 12.3. The number of aryl methyl sites for hydroxylation is 1. The fourth-order valence-electron chi connectivity index (χ4n) is 2.96. The number of aromatic nitrogens is 1. The number of carbonyl (C=O) groups is 1. The van der Waals surface area contributed by atoms with E-state index in [1.807, 2.05) is 24.5 Å². The number of para-hydroxylation sites is 1. The maximum absolute atomic E-state index is 13.2. The van der Waals surface area contributed by atoms with Crippen molar-refractivity contribution in [3.63, 3.8) is 0 Å². The number of ether oxygens (including phenoxy) is 1. The van der Waals surface area contributed by atoms with Crippen LogP contribution >= 0.6 is 0 Å². The monoisotopic (exact) mass is 365 g/mol. The number of hydrazone groups is 1. The molecule has 1 amide bonds. The molecule has 0 unspecified atom stereocenters. The van der Waals surface area contributed by atoms with Crippen LogP contribution in [0.15, 0.2) is 59.7 Å². The van der Waals surface area contributed by atoms with Gasteiger partial charge in [-0.2, -0.15) is 5.10 Å². The van der Waals surface area contributed by atoms with Crippen LogP contribution in [0.3, 0.4) is 0 Å². The minimum Gasteiger partial charge on any atom is -0.496 e. The first-order valence-electron chi connectivity index (χ1n) is 8.42. The van der Waals surface area contributed by atoms with Gasteiger partial charge in [-0.25, -0.2) is 9.82 Å². The van der Waals surface area contributed by atoms with Gasteiger partial charge in [0.2, 0.25) is 0 Å². The molecule has 0 aliphatic heterocycles. The Labute approximate surface area is 157 Å².